The summed E-state index contributed by atoms with van der Waals surface area (Å²) in [6, 6.07) is 17.0. The molecule has 0 spiro atoms. The predicted molar refractivity (Wildman–Crippen MR) is 104 cm³/mol. The van der Waals surface area contributed by atoms with E-state index >= 15 is 0 Å². The standard InChI is InChI=1S/C17H20N2OS.C2H2O4/c1-19(2,20)13-7-12-18-14-8-3-5-10-16(14)21-17-11-6-4-9-15(17)18;3-1(4)2(5)6/h3-6,8-11H,7,12-13H2,1-2H3;(H,3,4)(H,5,6). The molecule has 0 unspecified atom stereocenters. The lowest BCUT2D eigenvalue weighted by Crippen LogP contribution is -2.35. The van der Waals surface area contributed by atoms with E-state index in [9.17, 15) is 5.21 Å². The fourth-order valence-corrected chi connectivity index (χ4v) is 3.73. The monoisotopic (exact) mass is 390 g/mol. The van der Waals surface area contributed by atoms with Gasteiger partial charge in [0.25, 0.3) is 0 Å². The molecular weight excluding hydrogens is 368 g/mol. The van der Waals surface area contributed by atoms with E-state index in [2.05, 4.69) is 53.4 Å². The van der Waals surface area contributed by atoms with Gasteiger partial charge in [0, 0.05) is 22.8 Å². The average molecular weight is 390 g/mol. The molecule has 0 aliphatic carbocycles. The van der Waals surface area contributed by atoms with Gasteiger partial charge in [0.15, 0.2) is 0 Å². The van der Waals surface area contributed by atoms with Crippen molar-refractivity contribution in [3.63, 3.8) is 0 Å². The molecule has 3 rings (SSSR count). The normalized spacial score (nSPS) is 12.3. The lowest BCUT2D eigenvalue weighted by molar-refractivity contribution is -0.840. The van der Waals surface area contributed by atoms with Crippen LogP contribution in [0.25, 0.3) is 0 Å². The molecule has 0 saturated heterocycles. The van der Waals surface area contributed by atoms with E-state index in [1.54, 1.807) is 14.1 Å². The molecule has 7 nitrogen and oxygen atoms in total. The van der Waals surface area contributed by atoms with Crippen LogP contribution < -0.4 is 4.90 Å². The first-order valence-corrected chi connectivity index (χ1v) is 9.14. The number of hydroxylamine groups is 3. The maximum Gasteiger partial charge on any atom is 0.414 e. The van der Waals surface area contributed by atoms with E-state index in [-0.39, 0.29) is 4.65 Å². The van der Waals surface area contributed by atoms with Gasteiger partial charge in [-0.2, -0.15) is 0 Å². The molecule has 27 heavy (non-hydrogen) atoms. The van der Waals surface area contributed by atoms with E-state index in [1.165, 1.54) is 21.2 Å². The van der Waals surface area contributed by atoms with Crippen LogP contribution in [0.2, 0.25) is 0 Å². The number of hydrogen-bond donors (Lipinski definition) is 2. The first-order chi connectivity index (χ1) is 12.7. The van der Waals surface area contributed by atoms with Crippen molar-refractivity contribution in [1.82, 2.24) is 0 Å². The number of benzene rings is 2. The predicted octanol–water partition coefficient (Wildman–Crippen LogP) is 3.41. The molecular formula is C19H22N2O5S. The summed E-state index contributed by atoms with van der Waals surface area (Å²) >= 11 is 1.82. The number of hydrogen-bond acceptors (Lipinski definition) is 5. The quantitative estimate of drug-likeness (QED) is 0.469. The highest BCUT2D eigenvalue weighted by Gasteiger charge is 2.22. The van der Waals surface area contributed by atoms with Crippen molar-refractivity contribution in [3.05, 3.63) is 53.7 Å². The number of fused-ring (bicyclic) bond motifs is 2. The van der Waals surface area contributed by atoms with Crippen molar-refractivity contribution in [1.29, 1.82) is 0 Å². The van der Waals surface area contributed by atoms with Gasteiger partial charge in [-0.3, -0.25) is 0 Å². The average Bonchev–Trinajstić information content (AvgIpc) is 2.60. The van der Waals surface area contributed by atoms with Crippen LogP contribution >= 0.6 is 11.8 Å². The Kier molecular flexibility index (Phi) is 6.84. The summed E-state index contributed by atoms with van der Waals surface area (Å²) in [6.45, 7) is 1.51. The van der Waals surface area contributed by atoms with Crippen LogP contribution in [0.1, 0.15) is 6.42 Å². The number of para-hydroxylation sites is 2. The van der Waals surface area contributed by atoms with Gasteiger partial charge in [-0.05, 0) is 24.3 Å². The zero-order chi connectivity index (χ0) is 20.0. The topological polar surface area (TPSA) is 101 Å². The van der Waals surface area contributed by atoms with Crippen molar-refractivity contribution < 1.29 is 24.4 Å². The second-order valence-corrected chi connectivity index (χ2v) is 7.53. The molecule has 1 heterocycles. The van der Waals surface area contributed by atoms with Crippen LogP contribution in [0.3, 0.4) is 0 Å². The number of rotatable bonds is 4. The Morgan fingerprint density at radius 2 is 1.41 bits per heavy atom. The molecule has 0 amide bonds. The summed E-state index contributed by atoms with van der Waals surface area (Å²) in [5.41, 5.74) is 2.50. The molecule has 144 valence electrons. The van der Waals surface area contributed by atoms with Gasteiger partial charge in [-0.25, -0.2) is 9.59 Å². The van der Waals surface area contributed by atoms with Crippen molar-refractivity contribution >= 4 is 35.1 Å². The van der Waals surface area contributed by atoms with Crippen LogP contribution in [0.15, 0.2) is 58.3 Å². The SMILES string of the molecule is C[N+](C)([O-])CCCN1c2ccccc2Sc2ccccc21.O=C(O)C(=O)O. The van der Waals surface area contributed by atoms with E-state index < -0.39 is 11.9 Å². The third-order valence-electron chi connectivity index (χ3n) is 3.79. The largest absolute Gasteiger partial charge is 0.633 e. The molecule has 2 aromatic rings. The number of aliphatic carboxylic acids is 2. The zero-order valence-electron chi connectivity index (χ0n) is 15.2. The molecule has 0 atom stereocenters. The van der Waals surface area contributed by atoms with Gasteiger partial charge in [0.1, 0.15) is 0 Å². The first-order valence-electron chi connectivity index (χ1n) is 8.33. The van der Waals surface area contributed by atoms with Crippen molar-refractivity contribution in [2.24, 2.45) is 0 Å². The molecule has 2 N–H and O–H groups in total. The summed E-state index contributed by atoms with van der Waals surface area (Å²) in [5.74, 6) is -3.65. The molecule has 0 bridgehead atoms. The molecule has 0 saturated carbocycles. The number of carboxylic acids is 2. The van der Waals surface area contributed by atoms with Gasteiger partial charge < -0.3 is 25.0 Å². The molecule has 1 aliphatic heterocycles. The Labute approximate surface area is 162 Å². The highest BCUT2D eigenvalue weighted by Crippen LogP contribution is 2.47. The van der Waals surface area contributed by atoms with Crippen molar-refractivity contribution in [3.8, 4) is 0 Å². The third-order valence-corrected chi connectivity index (χ3v) is 4.92. The first kappa shape index (κ1) is 20.8. The summed E-state index contributed by atoms with van der Waals surface area (Å²) < 4.78 is -0.230. The lowest BCUT2D eigenvalue weighted by Gasteiger charge is -2.36. The number of anilines is 2. The number of carbonyl (C=O) groups is 2. The minimum Gasteiger partial charge on any atom is -0.633 e. The number of quaternary nitrogens is 1. The van der Waals surface area contributed by atoms with Crippen LogP contribution in [0, 0.1) is 5.21 Å². The van der Waals surface area contributed by atoms with E-state index in [0.29, 0.717) is 6.54 Å². The van der Waals surface area contributed by atoms with Crippen LogP contribution in [0.5, 0.6) is 0 Å². The minimum absolute atomic E-state index is 0.230. The summed E-state index contributed by atoms with van der Waals surface area (Å²) in [6.07, 6.45) is 0.879. The van der Waals surface area contributed by atoms with Crippen LogP contribution in [-0.4, -0.2) is 54.0 Å². The summed E-state index contributed by atoms with van der Waals surface area (Å²) in [4.78, 5) is 23.1. The second-order valence-electron chi connectivity index (χ2n) is 6.45. The van der Waals surface area contributed by atoms with Gasteiger partial charge >= 0.3 is 11.9 Å². The Morgan fingerprint density at radius 3 is 1.81 bits per heavy atom. The second kappa shape index (κ2) is 8.90. The Hall–Kier alpha value is -2.55. The number of carboxylic acid groups (broad SMARTS) is 2. The summed E-state index contributed by atoms with van der Waals surface area (Å²) in [7, 11) is 3.40. The Bertz CT molecular complexity index is 762. The molecule has 2 aromatic carbocycles. The van der Waals surface area contributed by atoms with E-state index in [4.69, 9.17) is 19.8 Å². The van der Waals surface area contributed by atoms with Crippen LogP contribution in [-0.2, 0) is 9.59 Å². The highest BCUT2D eigenvalue weighted by atomic mass is 32.2. The molecule has 0 aromatic heterocycles. The van der Waals surface area contributed by atoms with Gasteiger partial charge in [0.2, 0.25) is 0 Å². The smallest absolute Gasteiger partial charge is 0.414 e. The van der Waals surface area contributed by atoms with E-state index in [0.717, 1.165) is 13.0 Å². The molecule has 0 fully saturated rings. The fourth-order valence-electron chi connectivity index (χ4n) is 2.63. The van der Waals surface area contributed by atoms with Crippen molar-refractivity contribution in [2.45, 2.75) is 16.2 Å². The van der Waals surface area contributed by atoms with Gasteiger partial charge in [-0.1, -0.05) is 36.0 Å². The third kappa shape index (κ3) is 5.99. The fraction of sp³-hybridized carbons (Fsp3) is 0.263. The van der Waals surface area contributed by atoms with Gasteiger partial charge in [0.05, 0.1) is 32.0 Å². The Balaban J connectivity index is 0.000000380. The zero-order valence-corrected chi connectivity index (χ0v) is 16.0. The molecule has 8 heteroatoms. The minimum atomic E-state index is -1.82. The number of nitrogens with zero attached hydrogens (tertiary/aromatic N) is 2. The molecule has 0 radical (unpaired) electrons. The Morgan fingerprint density at radius 1 is 0.963 bits per heavy atom. The van der Waals surface area contributed by atoms with Gasteiger partial charge in [-0.15, -0.1) is 0 Å². The maximum atomic E-state index is 11.8. The highest BCUT2D eigenvalue weighted by molar-refractivity contribution is 7.99. The van der Waals surface area contributed by atoms with Crippen molar-refractivity contribution in [2.75, 3.05) is 32.1 Å². The van der Waals surface area contributed by atoms with E-state index in [1.807, 2.05) is 11.8 Å². The summed E-state index contributed by atoms with van der Waals surface area (Å²) in [5, 5.41) is 26.5. The molecule has 1 aliphatic rings. The maximum absolute atomic E-state index is 11.8. The van der Waals surface area contributed by atoms with Crippen LogP contribution in [0.4, 0.5) is 11.4 Å². The lowest BCUT2D eigenvalue weighted by atomic mass is 10.2.